The van der Waals surface area contributed by atoms with Crippen molar-refractivity contribution in [3.8, 4) is 6.07 Å². The van der Waals surface area contributed by atoms with E-state index in [0.717, 1.165) is 13.1 Å². The fraction of sp³-hybridized carbons (Fsp3) is 0.562. The number of benzene rings is 1. The standard InChI is InChI=1S/C16H20FN3/c1-12-9-19-6-2-3-15(19)11-20(12)10-14-5-4-13(8-18)7-16(14)17/h4-5,7,12,15H,2-3,6,9-11H2,1H3. The van der Waals surface area contributed by atoms with Gasteiger partial charge in [-0.2, -0.15) is 5.26 Å². The molecule has 1 aromatic carbocycles. The summed E-state index contributed by atoms with van der Waals surface area (Å²) in [4.78, 5) is 4.94. The summed E-state index contributed by atoms with van der Waals surface area (Å²) in [6.45, 7) is 6.19. The van der Waals surface area contributed by atoms with Gasteiger partial charge >= 0.3 is 0 Å². The van der Waals surface area contributed by atoms with E-state index in [1.807, 2.05) is 6.07 Å². The Kier molecular flexibility index (Phi) is 3.73. The molecule has 106 valence electrons. The highest BCUT2D eigenvalue weighted by atomic mass is 19.1. The molecule has 3 rings (SSSR count). The average Bonchev–Trinajstić information content (AvgIpc) is 2.88. The second-order valence-electron chi connectivity index (χ2n) is 5.99. The summed E-state index contributed by atoms with van der Waals surface area (Å²) in [6, 6.07) is 7.88. The molecule has 0 aliphatic carbocycles. The summed E-state index contributed by atoms with van der Waals surface area (Å²) in [7, 11) is 0. The van der Waals surface area contributed by atoms with Gasteiger partial charge in [0.2, 0.25) is 0 Å². The zero-order valence-corrected chi connectivity index (χ0v) is 11.8. The van der Waals surface area contributed by atoms with Crippen LogP contribution in [0, 0.1) is 17.1 Å². The zero-order chi connectivity index (χ0) is 14.1. The van der Waals surface area contributed by atoms with Crippen LogP contribution >= 0.6 is 0 Å². The van der Waals surface area contributed by atoms with Crippen molar-refractivity contribution < 1.29 is 4.39 Å². The Hall–Kier alpha value is -1.44. The van der Waals surface area contributed by atoms with Crippen LogP contribution in [0.5, 0.6) is 0 Å². The van der Waals surface area contributed by atoms with Gasteiger partial charge in [0.25, 0.3) is 0 Å². The van der Waals surface area contributed by atoms with Gasteiger partial charge in [-0.15, -0.1) is 0 Å². The van der Waals surface area contributed by atoms with Gasteiger partial charge in [-0.1, -0.05) is 6.07 Å². The van der Waals surface area contributed by atoms with E-state index >= 15 is 0 Å². The first-order chi connectivity index (χ1) is 9.67. The summed E-state index contributed by atoms with van der Waals surface area (Å²) in [6.07, 6.45) is 2.55. The van der Waals surface area contributed by atoms with Crippen LogP contribution in [0.25, 0.3) is 0 Å². The van der Waals surface area contributed by atoms with Crippen LogP contribution in [-0.4, -0.2) is 41.5 Å². The van der Waals surface area contributed by atoms with Crippen LogP contribution in [0.3, 0.4) is 0 Å². The molecule has 2 atom stereocenters. The summed E-state index contributed by atoms with van der Waals surface area (Å²) in [5.41, 5.74) is 1.09. The van der Waals surface area contributed by atoms with Gasteiger partial charge in [-0.25, -0.2) is 4.39 Å². The number of fused-ring (bicyclic) bond motifs is 1. The molecule has 0 spiro atoms. The average molecular weight is 273 g/mol. The Morgan fingerprint density at radius 3 is 3.00 bits per heavy atom. The lowest BCUT2D eigenvalue weighted by atomic mass is 10.1. The van der Waals surface area contributed by atoms with E-state index in [-0.39, 0.29) is 5.82 Å². The summed E-state index contributed by atoms with van der Waals surface area (Å²) in [5, 5.41) is 8.79. The molecule has 2 saturated heterocycles. The molecule has 2 fully saturated rings. The SMILES string of the molecule is CC1CN2CCCC2CN1Cc1ccc(C#N)cc1F. The predicted octanol–water partition coefficient (Wildman–Crippen LogP) is 2.37. The lowest BCUT2D eigenvalue weighted by molar-refractivity contribution is 0.0533. The quantitative estimate of drug-likeness (QED) is 0.828. The molecule has 0 N–H and O–H groups in total. The van der Waals surface area contributed by atoms with E-state index in [2.05, 4.69) is 16.7 Å². The fourth-order valence-corrected chi connectivity index (χ4v) is 3.43. The van der Waals surface area contributed by atoms with Crippen molar-refractivity contribution in [3.05, 3.63) is 35.1 Å². The fourth-order valence-electron chi connectivity index (χ4n) is 3.43. The van der Waals surface area contributed by atoms with Gasteiger partial charge in [-0.05, 0) is 38.4 Å². The molecular weight excluding hydrogens is 253 g/mol. The van der Waals surface area contributed by atoms with Crippen molar-refractivity contribution in [3.63, 3.8) is 0 Å². The number of rotatable bonds is 2. The number of hydrogen-bond donors (Lipinski definition) is 0. The van der Waals surface area contributed by atoms with Crippen molar-refractivity contribution in [1.82, 2.24) is 9.80 Å². The summed E-state index contributed by atoms with van der Waals surface area (Å²) < 4.78 is 14.0. The zero-order valence-electron chi connectivity index (χ0n) is 11.8. The van der Waals surface area contributed by atoms with E-state index in [1.165, 1.54) is 25.5 Å². The molecule has 0 radical (unpaired) electrons. The topological polar surface area (TPSA) is 30.3 Å². The van der Waals surface area contributed by atoms with Crippen molar-refractivity contribution >= 4 is 0 Å². The normalized spacial score (nSPS) is 27.2. The van der Waals surface area contributed by atoms with Crippen molar-refractivity contribution in [1.29, 1.82) is 5.26 Å². The third-order valence-electron chi connectivity index (χ3n) is 4.62. The van der Waals surface area contributed by atoms with E-state index in [9.17, 15) is 4.39 Å². The van der Waals surface area contributed by atoms with Crippen LogP contribution in [-0.2, 0) is 6.54 Å². The van der Waals surface area contributed by atoms with E-state index < -0.39 is 0 Å². The molecule has 0 saturated carbocycles. The number of hydrogen-bond acceptors (Lipinski definition) is 3. The van der Waals surface area contributed by atoms with Crippen molar-refractivity contribution in [2.45, 2.75) is 38.4 Å². The summed E-state index contributed by atoms with van der Waals surface area (Å²) in [5.74, 6) is -0.259. The lowest BCUT2D eigenvalue weighted by Crippen LogP contribution is -2.54. The van der Waals surface area contributed by atoms with Crippen LogP contribution in [0.15, 0.2) is 18.2 Å². The molecule has 2 heterocycles. The second-order valence-corrected chi connectivity index (χ2v) is 5.99. The minimum Gasteiger partial charge on any atom is -0.298 e. The molecular formula is C16H20FN3. The van der Waals surface area contributed by atoms with Crippen LogP contribution < -0.4 is 0 Å². The molecule has 2 aliphatic heterocycles. The molecule has 2 aliphatic rings. The minimum atomic E-state index is -0.259. The molecule has 0 bridgehead atoms. The van der Waals surface area contributed by atoms with Gasteiger partial charge in [0, 0.05) is 37.3 Å². The molecule has 0 aromatic heterocycles. The third-order valence-corrected chi connectivity index (χ3v) is 4.62. The molecule has 4 heteroatoms. The smallest absolute Gasteiger partial charge is 0.129 e. The van der Waals surface area contributed by atoms with E-state index in [0.29, 0.717) is 29.8 Å². The third kappa shape index (κ3) is 2.56. The van der Waals surface area contributed by atoms with Crippen LogP contribution in [0.4, 0.5) is 4.39 Å². The van der Waals surface area contributed by atoms with E-state index in [1.54, 1.807) is 12.1 Å². The Labute approximate surface area is 119 Å². The molecule has 3 nitrogen and oxygen atoms in total. The number of nitrogens with zero attached hydrogens (tertiary/aromatic N) is 3. The van der Waals surface area contributed by atoms with Gasteiger partial charge < -0.3 is 0 Å². The van der Waals surface area contributed by atoms with Gasteiger partial charge in [0.05, 0.1) is 11.6 Å². The van der Waals surface area contributed by atoms with Crippen molar-refractivity contribution in [2.75, 3.05) is 19.6 Å². The maximum Gasteiger partial charge on any atom is 0.129 e. The van der Waals surface area contributed by atoms with Gasteiger partial charge in [-0.3, -0.25) is 9.80 Å². The minimum absolute atomic E-state index is 0.259. The highest BCUT2D eigenvalue weighted by Crippen LogP contribution is 2.26. The lowest BCUT2D eigenvalue weighted by Gasteiger charge is -2.42. The Morgan fingerprint density at radius 1 is 1.40 bits per heavy atom. The van der Waals surface area contributed by atoms with E-state index in [4.69, 9.17) is 5.26 Å². The summed E-state index contributed by atoms with van der Waals surface area (Å²) >= 11 is 0. The molecule has 0 amide bonds. The molecule has 2 unspecified atom stereocenters. The largest absolute Gasteiger partial charge is 0.298 e. The Bertz CT molecular complexity index is 537. The number of halogens is 1. The number of nitriles is 1. The van der Waals surface area contributed by atoms with Crippen LogP contribution in [0.1, 0.15) is 30.9 Å². The first kappa shape index (κ1) is 13.5. The second kappa shape index (κ2) is 5.51. The predicted molar refractivity (Wildman–Crippen MR) is 75.6 cm³/mol. The number of piperazine rings is 1. The highest BCUT2D eigenvalue weighted by molar-refractivity contribution is 5.32. The van der Waals surface area contributed by atoms with Crippen LogP contribution in [0.2, 0.25) is 0 Å². The highest BCUT2D eigenvalue weighted by Gasteiger charge is 2.34. The molecule has 20 heavy (non-hydrogen) atoms. The first-order valence-corrected chi connectivity index (χ1v) is 7.34. The Morgan fingerprint density at radius 2 is 2.25 bits per heavy atom. The maximum absolute atomic E-state index is 14.0. The first-order valence-electron chi connectivity index (χ1n) is 7.34. The molecule has 1 aromatic rings. The maximum atomic E-state index is 14.0. The Balaban J connectivity index is 1.72. The van der Waals surface area contributed by atoms with Gasteiger partial charge in [0.1, 0.15) is 5.82 Å². The van der Waals surface area contributed by atoms with Crippen molar-refractivity contribution in [2.24, 2.45) is 0 Å². The monoisotopic (exact) mass is 273 g/mol. The van der Waals surface area contributed by atoms with Gasteiger partial charge in [0.15, 0.2) is 0 Å².